The number of benzene rings is 1. The van der Waals surface area contributed by atoms with Crippen LogP contribution in [-0.4, -0.2) is 21.3 Å². The van der Waals surface area contributed by atoms with Crippen LogP contribution in [0.4, 0.5) is 0 Å². The summed E-state index contributed by atoms with van der Waals surface area (Å²) >= 11 is 0. The van der Waals surface area contributed by atoms with Gasteiger partial charge in [-0.25, -0.2) is 4.79 Å². The molecule has 0 bridgehead atoms. The number of nitrogens with one attached hydrogen (secondary N) is 1. The zero-order valence-corrected chi connectivity index (χ0v) is 10.8. The number of hydrogen-bond donors (Lipinski definition) is 2. The number of hydrogen-bond acceptors (Lipinski definition) is 2. The SMILES string of the molecule is CC1CCCc2ccc(-c3cc(C(=O)O)[nH]n3)cc21. The molecule has 2 N–H and O–H groups in total. The fourth-order valence-corrected chi connectivity index (χ4v) is 2.77. The minimum atomic E-state index is -0.981. The van der Waals surface area contributed by atoms with E-state index in [1.807, 2.05) is 6.07 Å². The maximum atomic E-state index is 10.9. The van der Waals surface area contributed by atoms with Gasteiger partial charge in [0.05, 0.1) is 5.69 Å². The van der Waals surface area contributed by atoms with Crippen LogP contribution in [0.2, 0.25) is 0 Å². The Morgan fingerprint density at radius 2 is 2.26 bits per heavy atom. The minimum Gasteiger partial charge on any atom is -0.477 e. The molecule has 1 atom stereocenters. The van der Waals surface area contributed by atoms with Crippen molar-refractivity contribution < 1.29 is 9.90 Å². The monoisotopic (exact) mass is 256 g/mol. The summed E-state index contributed by atoms with van der Waals surface area (Å²) in [4.78, 5) is 10.9. The summed E-state index contributed by atoms with van der Waals surface area (Å²) in [5, 5.41) is 15.5. The lowest BCUT2D eigenvalue weighted by molar-refractivity contribution is 0.0690. The van der Waals surface area contributed by atoms with E-state index in [1.54, 1.807) is 6.07 Å². The van der Waals surface area contributed by atoms with E-state index < -0.39 is 5.97 Å². The van der Waals surface area contributed by atoms with Crippen molar-refractivity contribution in [2.75, 3.05) is 0 Å². The Balaban J connectivity index is 2.01. The number of H-pyrrole nitrogens is 1. The Bertz CT molecular complexity index is 631. The summed E-state index contributed by atoms with van der Waals surface area (Å²) in [7, 11) is 0. The number of fused-ring (bicyclic) bond motifs is 1. The summed E-state index contributed by atoms with van der Waals surface area (Å²) < 4.78 is 0. The Morgan fingerprint density at radius 3 is 3.00 bits per heavy atom. The van der Waals surface area contributed by atoms with Gasteiger partial charge in [-0.2, -0.15) is 5.10 Å². The van der Waals surface area contributed by atoms with Crippen LogP contribution in [0.3, 0.4) is 0 Å². The molecule has 0 spiro atoms. The van der Waals surface area contributed by atoms with Gasteiger partial charge in [0.2, 0.25) is 0 Å². The molecule has 0 amide bonds. The predicted octanol–water partition coefficient (Wildman–Crippen LogP) is 3.21. The van der Waals surface area contributed by atoms with Crippen LogP contribution in [0, 0.1) is 0 Å². The normalized spacial score (nSPS) is 18.1. The lowest BCUT2D eigenvalue weighted by Crippen LogP contribution is -2.06. The van der Waals surface area contributed by atoms with Crippen molar-refractivity contribution in [3.05, 3.63) is 41.1 Å². The van der Waals surface area contributed by atoms with E-state index in [4.69, 9.17) is 5.11 Å². The fraction of sp³-hybridized carbons (Fsp3) is 0.333. The molecule has 0 saturated carbocycles. The largest absolute Gasteiger partial charge is 0.477 e. The standard InChI is InChI=1S/C15H16N2O2/c1-9-3-2-4-10-5-6-11(7-12(9)10)13-8-14(15(18)19)17-16-13/h5-9H,2-4H2,1H3,(H,16,17)(H,18,19). The zero-order valence-electron chi connectivity index (χ0n) is 10.8. The molecule has 0 radical (unpaired) electrons. The molecule has 4 nitrogen and oxygen atoms in total. The molecule has 1 unspecified atom stereocenters. The summed E-state index contributed by atoms with van der Waals surface area (Å²) in [5.74, 6) is -0.410. The van der Waals surface area contributed by atoms with E-state index in [-0.39, 0.29) is 5.69 Å². The first-order valence-electron chi connectivity index (χ1n) is 6.57. The highest BCUT2D eigenvalue weighted by Crippen LogP contribution is 2.33. The van der Waals surface area contributed by atoms with Gasteiger partial charge in [-0.3, -0.25) is 5.10 Å². The summed E-state index contributed by atoms with van der Waals surface area (Å²) in [6.07, 6.45) is 3.61. The van der Waals surface area contributed by atoms with Crippen molar-refractivity contribution in [1.82, 2.24) is 10.2 Å². The van der Waals surface area contributed by atoms with Gasteiger partial charge in [0, 0.05) is 5.56 Å². The molecule has 0 fully saturated rings. The summed E-state index contributed by atoms with van der Waals surface area (Å²) in [6, 6.07) is 7.91. The van der Waals surface area contributed by atoms with E-state index in [1.165, 1.54) is 24.0 Å². The predicted molar refractivity (Wildman–Crippen MR) is 72.3 cm³/mol. The van der Waals surface area contributed by atoms with Crippen molar-refractivity contribution in [3.63, 3.8) is 0 Å². The van der Waals surface area contributed by atoms with Gasteiger partial charge in [0.1, 0.15) is 5.69 Å². The van der Waals surface area contributed by atoms with Crippen LogP contribution in [0.25, 0.3) is 11.3 Å². The van der Waals surface area contributed by atoms with Gasteiger partial charge < -0.3 is 5.11 Å². The molecule has 19 heavy (non-hydrogen) atoms. The highest BCUT2D eigenvalue weighted by Gasteiger charge is 2.17. The lowest BCUT2D eigenvalue weighted by atomic mass is 9.83. The molecule has 98 valence electrons. The lowest BCUT2D eigenvalue weighted by Gasteiger charge is -2.22. The maximum absolute atomic E-state index is 10.9. The molecule has 2 aromatic rings. The highest BCUT2D eigenvalue weighted by molar-refractivity contribution is 5.86. The average molecular weight is 256 g/mol. The molecule has 4 heteroatoms. The number of carbonyl (C=O) groups is 1. The van der Waals surface area contributed by atoms with Crippen LogP contribution in [0.15, 0.2) is 24.3 Å². The van der Waals surface area contributed by atoms with Crippen molar-refractivity contribution >= 4 is 5.97 Å². The summed E-state index contributed by atoms with van der Waals surface area (Å²) in [5.41, 5.74) is 4.59. The Labute approximate surface area is 111 Å². The third kappa shape index (κ3) is 2.14. The van der Waals surface area contributed by atoms with Gasteiger partial charge in [-0.1, -0.05) is 19.1 Å². The number of aryl methyl sites for hydroxylation is 1. The van der Waals surface area contributed by atoms with Gasteiger partial charge in [-0.15, -0.1) is 0 Å². The van der Waals surface area contributed by atoms with Crippen LogP contribution in [0.5, 0.6) is 0 Å². The van der Waals surface area contributed by atoms with Crippen LogP contribution in [-0.2, 0) is 6.42 Å². The number of aromatic amines is 1. The summed E-state index contributed by atoms with van der Waals surface area (Å²) in [6.45, 7) is 2.25. The fourth-order valence-electron chi connectivity index (χ4n) is 2.77. The number of carboxylic acids is 1. The molecule has 1 aliphatic carbocycles. The smallest absolute Gasteiger partial charge is 0.353 e. The third-order valence-corrected chi connectivity index (χ3v) is 3.86. The number of carboxylic acid groups (broad SMARTS) is 1. The van der Waals surface area contributed by atoms with Crippen molar-refractivity contribution in [2.45, 2.75) is 32.1 Å². The number of nitrogens with zero attached hydrogens (tertiary/aromatic N) is 1. The molecule has 1 aromatic heterocycles. The van der Waals surface area contributed by atoms with Crippen LogP contribution < -0.4 is 0 Å². The van der Waals surface area contributed by atoms with Gasteiger partial charge in [-0.05, 0) is 48.4 Å². The molecular formula is C15H16N2O2. The molecular weight excluding hydrogens is 240 g/mol. The second-order valence-electron chi connectivity index (χ2n) is 5.18. The third-order valence-electron chi connectivity index (χ3n) is 3.86. The Morgan fingerprint density at radius 1 is 1.42 bits per heavy atom. The molecule has 1 aliphatic rings. The number of aromatic carboxylic acids is 1. The topological polar surface area (TPSA) is 66.0 Å². The number of rotatable bonds is 2. The molecule has 1 heterocycles. The first-order valence-corrected chi connectivity index (χ1v) is 6.57. The Kier molecular flexibility index (Phi) is 2.85. The van der Waals surface area contributed by atoms with Crippen molar-refractivity contribution in [3.8, 4) is 11.3 Å². The van der Waals surface area contributed by atoms with Crippen LogP contribution >= 0.6 is 0 Å². The molecule has 0 saturated heterocycles. The van der Waals surface area contributed by atoms with Crippen molar-refractivity contribution in [2.24, 2.45) is 0 Å². The second kappa shape index (κ2) is 4.53. The van der Waals surface area contributed by atoms with E-state index in [0.29, 0.717) is 11.6 Å². The van der Waals surface area contributed by atoms with E-state index in [2.05, 4.69) is 29.3 Å². The van der Waals surface area contributed by atoms with Gasteiger partial charge in [0.15, 0.2) is 0 Å². The van der Waals surface area contributed by atoms with E-state index in [0.717, 1.165) is 12.0 Å². The minimum absolute atomic E-state index is 0.126. The average Bonchev–Trinajstić information content (AvgIpc) is 2.89. The number of aromatic nitrogens is 2. The first kappa shape index (κ1) is 12.0. The van der Waals surface area contributed by atoms with Gasteiger partial charge in [0.25, 0.3) is 0 Å². The van der Waals surface area contributed by atoms with E-state index >= 15 is 0 Å². The highest BCUT2D eigenvalue weighted by atomic mass is 16.4. The molecule has 1 aromatic carbocycles. The van der Waals surface area contributed by atoms with E-state index in [9.17, 15) is 4.79 Å². The van der Waals surface area contributed by atoms with Gasteiger partial charge >= 0.3 is 5.97 Å². The quantitative estimate of drug-likeness (QED) is 0.867. The molecule has 3 rings (SSSR count). The molecule has 0 aliphatic heterocycles. The first-order chi connectivity index (χ1) is 9.15. The van der Waals surface area contributed by atoms with Crippen LogP contribution in [0.1, 0.15) is 47.3 Å². The Hall–Kier alpha value is -2.10. The zero-order chi connectivity index (χ0) is 13.4. The second-order valence-corrected chi connectivity index (χ2v) is 5.18. The van der Waals surface area contributed by atoms with Crippen molar-refractivity contribution in [1.29, 1.82) is 0 Å². The maximum Gasteiger partial charge on any atom is 0.353 e.